The Morgan fingerprint density at radius 1 is 0.258 bits per heavy atom. The minimum absolute atomic E-state index is 0. The van der Waals surface area contributed by atoms with Crippen LogP contribution in [0.25, 0.3) is 110 Å². The number of rotatable bonds is 6. The molecule has 10 aromatic carbocycles. The second kappa shape index (κ2) is 26.7. The maximum Gasteiger partial charge on any atom is 2.00 e. The molecule has 18 aromatic rings. The molecule has 10 nitrogen and oxygen atoms in total. The van der Waals surface area contributed by atoms with Crippen LogP contribution in [0.1, 0.15) is 205 Å². The van der Waals surface area contributed by atoms with Gasteiger partial charge in [-0.3, -0.25) is 0 Å². The fraction of sp³-hybridized carbons (Fsp3) is 0.259. The fourth-order valence-corrected chi connectivity index (χ4v) is 20.0. The zero-order valence-corrected chi connectivity index (χ0v) is 75.9. The maximum absolute atomic E-state index is 5.07. The molecule has 12 heteroatoms. The van der Waals surface area contributed by atoms with Gasteiger partial charge in [-0.25, -0.2) is 19.9 Å². The molecular weight excluding hydrogens is 1740 g/mol. The van der Waals surface area contributed by atoms with E-state index < -0.39 is 0 Å². The molecule has 4 aliphatic rings. The Bertz CT molecular complexity index is 6520. The Morgan fingerprint density at radius 3 is 0.683 bits per heavy atom. The van der Waals surface area contributed by atoms with E-state index in [1.165, 1.54) is 132 Å². The van der Waals surface area contributed by atoms with E-state index in [0.717, 1.165) is 79.5 Å². The zero-order valence-electron chi connectivity index (χ0n) is 72.0. The van der Waals surface area contributed by atoms with E-state index in [-0.39, 0.29) is 84.8 Å². The summed E-state index contributed by atoms with van der Waals surface area (Å²) in [4.78, 5) is 24.9. The number of nitrogens with zero attached hydrogens (tertiary/aromatic N) is 10. The monoisotopic (exact) mass is 1840 g/mol. The molecule has 0 unspecified atom stereocenters. The van der Waals surface area contributed by atoms with Crippen LogP contribution in [0.15, 0.2) is 231 Å². The van der Waals surface area contributed by atoms with Gasteiger partial charge in [-0.1, -0.05) is 292 Å². The van der Waals surface area contributed by atoms with Crippen molar-refractivity contribution < 1.29 is 41.5 Å². The Balaban J connectivity index is 0.000000156. The van der Waals surface area contributed by atoms with Gasteiger partial charge in [-0.15, -0.1) is 70.1 Å². The molecule has 120 heavy (non-hydrogen) atoms. The Labute approximate surface area is 732 Å². The number of para-hydroxylation sites is 2. The molecule has 0 N–H and O–H groups in total. The molecule has 4 aliphatic heterocycles. The van der Waals surface area contributed by atoms with Crippen LogP contribution in [0.3, 0.4) is 0 Å². The number of fused-ring (bicyclic) bond motifs is 20. The van der Waals surface area contributed by atoms with Crippen LogP contribution in [0.2, 0.25) is 0 Å². The summed E-state index contributed by atoms with van der Waals surface area (Å²) in [6.45, 7) is 46.4. The Morgan fingerprint density at radius 2 is 0.475 bits per heavy atom. The summed E-state index contributed by atoms with van der Waals surface area (Å²) in [5.41, 5.74) is 29.3. The quantitative estimate of drug-likeness (QED) is 0.122. The summed E-state index contributed by atoms with van der Waals surface area (Å²) in [6.07, 6.45) is 7.68. The third-order valence-electron chi connectivity index (χ3n) is 26.9. The molecule has 12 heterocycles. The molecule has 0 aliphatic carbocycles. The molecule has 600 valence electrons. The van der Waals surface area contributed by atoms with Crippen LogP contribution in [0.5, 0.6) is 0 Å². The van der Waals surface area contributed by atoms with Gasteiger partial charge in [-0.05, 0) is 136 Å². The number of anilines is 6. The average molecular weight is 1840 g/mol. The summed E-state index contributed by atoms with van der Waals surface area (Å²) < 4.78 is 9.48. The van der Waals surface area contributed by atoms with Gasteiger partial charge in [0.25, 0.3) is 0 Å². The van der Waals surface area contributed by atoms with Gasteiger partial charge < -0.3 is 28.1 Å². The topological polar surface area (TPSA) is 77.8 Å². The minimum atomic E-state index is -0.228. The first-order chi connectivity index (χ1) is 56.1. The van der Waals surface area contributed by atoms with Crippen molar-refractivity contribution >= 4 is 121 Å². The van der Waals surface area contributed by atoms with Crippen molar-refractivity contribution in [2.75, 3.05) is 9.80 Å². The SMILES string of the molecule is CC(C)(C)c1cc2c3c(c1)c1ccc(N(c4[c-]c5c(cc4)c4cc(C(C)(C)C)cc6c4n5-c4ncccc4C6(C)C)c4ccccc4)[c-]c1n3-c1ncccc1C2(C)C.CC(C)(C)c1cc2c3c(c1)c1ccc(N(c4[c-]c5c(cc4)c4cc(C(C)(C)C)cc6c4n5-c4ncccc4C6(C)C)c4ccccc4)[c-]c1n3-c1ncccc1C2(C)C.[Pd+2].[Pt+2]. The number of pyridine rings is 4. The minimum Gasteiger partial charge on any atom is -0.358 e. The second-order valence-corrected chi connectivity index (χ2v) is 39.8. The van der Waals surface area contributed by atoms with E-state index in [0.29, 0.717) is 0 Å². The smallest absolute Gasteiger partial charge is 0.358 e. The fourth-order valence-electron chi connectivity index (χ4n) is 20.0. The third-order valence-corrected chi connectivity index (χ3v) is 26.9. The van der Waals surface area contributed by atoms with Gasteiger partial charge in [0.15, 0.2) is 0 Å². The van der Waals surface area contributed by atoms with Crippen molar-refractivity contribution in [2.24, 2.45) is 0 Å². The van der Waals surface area contributed by atoms with Gasteiger partial charge in [0, 0.05) is 102 Å². The molecule has 0 spiro atoms. The normalized spacial score (nSPS) is 15.0. The Hall–Kier alpha value is -11.0. The van der Waals surface area contributed by atoms with Gasteiger partial charge in [0.1, 0.15) is 23.3 Å². The molecule has 0 saturated carbocycles. The predicted molar refractivity (Wildman–Crippen MR) is 489 cm³/mol. The molecule has 22 rings (SSSR count). The van der Waals surface area contributed by atoms with E-state index in [1.807, 2.05) is 24.8 Å². The molecule has 0 saturated heterocycles. The zero-order chi connectivity index (χ0) is 81.9. The van der Waals surface area contributed by atoms with Crippen molar-refractivity contribution in [2.45, 2.75) is 182 Å². The van der Waals surface area contributed by atoms with Crippen molar-refractivity contribution in [3.8, 4) is 23.3 Å². The molecule has 8 aromatic heterocycles. The molecule has 0 amide bonds. The van der Waals surface area contributed by atoms with Crippen LogP contribution in [0, 0.1) is 24.3 Å². The molecular formula is C108H98N10PdPt. The average Bonchev–Trinajstić information content (AvgIpc) is 1.53. The van der Waals surface area contributed by atoms with E-state index in [9.17, 15) is 0 Å². The number of aromatic nitrogens is 8. The summed E-state index contributed by atoms with van der Waals surface area (Å²) in [5, 5.41) is 9.67. The Kier molecular flexibility index (Phi) is 17.5. The van der Waals surface area contributed by atoms with E-state index in [4.69, 9.17) is 19.9 Å². The van der Waals surface area contributed by atoms with Crippen molar-refractivity contribution in [1.29, 1.82) is 0 Å². The van der Waals surface area contributed by atoms with E-state index in [1.54, 1.807) is 0 Å². The first-order valence-corrected chi connectivity index (χ1v) is 41.9. The van der Waals surface area contributed by atoms with Crippen LogP contribution < -0.4 is 9.80 Å². The van der Waals surface area contributed by atoms with Gasteiger partial charge >= 0.3 is 41.5 Å². The molecule has 0 atom stereocenters. The number of benzene rings is 10. The van der Waals surface area contributed by atoms with Crippen LogP contribution >= 0.6 is 0 Å². The van der Waals surface area contributed by atoms with Gasteiger partial charge in [0.2, 0.25) is 0 Å². The van der Waals surface area contributed by atoms with Crippen LogP contribution in [-0.4, -0.2) is 38.2 Å². The number of hydrogen-bond donors (Lipinski definition) is 0. The summed E-state index contributed by atoms with van der Waals surface area (Å²) >= 11 is 0. The number of hydrogen-bond acceptors (Lipinski definition) is 6. The molecule has 0 fully saturated rings. The first-order valence-electron chi connectivity index (χ1n) is 41.9. The maximum atomic E-state index is 5.07. The predicted octanol–water partition coefficient (Wildman–Crippen LogP) is 27.2. The second-order valence-electron chi connectivity index (χ2n) is 39.8. The van der Waals surface area contributed by atoms with Gasteiger partial charge in [-0.2, -0.15) is 24.3 Å². The molecule has 0 radical (unpaired) electrons. The summed E-state index contributed by atoms with van der Waals surface area (Å²) in [7, 11) is 0. The van der Waals surface area contributed by atoms with Gasteiger partial charge in [0.05, 0.1) is 0 Å². The largest absolute Gasteiger partial charge is 2.00 e. The van der Waals surface area contributed by atoms with Crippen molar-refractivity contribution in [3.63, 3.8) is 0 Å². The standard InChI is InChI=1S/2C54H49N5.Pd.Pt/c2*1-51(2,3)32-26-39-37-22-20-35(30-45(37)58-47(39)43(28-32)53(7,8)41-18-14-24-55-49(41)58)57(34-16-12-11-13-17-34)36-21-23-38-40-27-33(52(4,5)6)29-44-48(40)59(46(38)31-36)50-42(54(44,9)10)19-15-25-56-50;;/h2*11-29H,1-10H3;;/q2*-2;2*+2. The van der Waals surface area contributed by atoms with Crippen molar-refractivity contribution in [1.82, 2.24) is 38.2 Å². The van der Waals surface area contributed by atoms with E-state index >= 15 is 0 Å². The van der Waals surface area contributed by atoms with Crippen LogP contribution in [0.4, 0.5) is 34.1 Å². The summed E-state index contributed by atoms with van der Waals surface area (Å²) in [5.74, 6) is 3.89. The van der Waals surface area contributed by atoms with Crippen LogP contribution in [-0.2, 0) is 84.8 Å². The first kappa shape index (κ1) is 78.8. The summed E-state index contributed by atoms with van der Waals surface area (Å²) in [6, 6.07) is 92.0. The van der Waals surface area contributed by atoms with E-state index in [2.05, 4.69) is 397 Å². The third kappa shape index (κ3) is 11.4. The molecule has 0 bridgehead atoms. The van der Waals surface area contributed by atoms with Crippen molar-refractivity contribution in [3.05, 3.63) is 322 Å².